The molecular weight excluding hydrogens is 206 g/mol. The van der Waals surface area contributed by atoms with Gasteiger partial charge in [0, 0.05) is 19.6 Å². The van der Waals surface area contributed by atoms with Crippen molar-refractivity contribution < 1.29 is 14.3 Å². The summed E-state index contributed by atoms with van der Waals surface area (Å²) in [6.07, 6.45) is 3.64. The first-order valence-electron chi connectivity index (χ1n) is 6.25. The van der Waals surface area contributed by atoms with Gasteiger partial charge in [0.25, 0.3) is 0 Å². The van der Waals surface area contributed by atoms with E-state index in [1.54, 1.807) is 0 Å². The molecule has 0 bridgehead atoms. The maximum absolute atomic E-state index is 11.0. The maximum Gasteiger partial charge on any atom is 0.305 e. The summed E-state index contributed by atoms with van der Waals surface area (Å²) in [6.45, 7) is 7.77. The van der Waals surface area contributed by atoms with E-state index in [0.717, 1.165) is 45.6 Å². The van der Waals surface area contributed by atoms with Crippen LogP contribution in [0.1, 0.15) is 39.5 Å². The molecule has 0 unspecified atom stereocenters. The first kappa shape index (κ1) is 15.4. The van der Waals surface area contributed by atoms with Crippen LogP contribution < -0.4 is 5.32 Å². The highest BCUT2D eigenvalue weighted by atomic mass is 16.5. The van der Waals surface area contributed by atoms with Crippen molar-refractivity contribution in [1.29, 1.82) is 0 Å². The number of rotatable bonds is 11. The molecule has 96 valence electrons. The van der Waals surface area contributed by atoms with Gasteiger partial charge in [-0.2, -0.15) is 0 Å². The summed E-state index contributed by atoms with van der Waals surface area (Å²) in [4.78, 5) is 11.0. The predicted molar refractivity (Wildman–Crippen MR) is 64.5 cm³/mol. The molecule has 0 aromatic carbocycles. The van der Waals surface area contributed by atoms with Crippen LogP contribution in [0, 0.1) is 0 Å². The van der Waals surface area contributed by atoms with Crippen molar-refractivity contribution in [1.82, 2.24) is 5.32 Å². The standard InChI is InChI=1S/C12H25NO3/c1-3-15-11-10-13-9-7-5-6-8-12(14)16-4-2/h13H,3-11H2,1-2H3. The minimum Gasteiger partial charge on any atom is -0.466 e. The Labute approximate surface area is 98.7 Å². The molecule has 0 rings (SSSR count). The van der Waals surface area contributed by atoms with E-state index in [2.05, 4.69) is 5.32 Å². The molecule has 0 aromatic heterocycles. The number of hydrogen-bond acceptors (Lipinski definition) is 4. The summed E-state index contributed by atoms with van der Waals surface area (Å²) in [6, 6.07) is 0. The van der Waals surface area contributed by atoms with Crippen molar-refractivity contribution in [3.05, 3.63) is 0 Å². The van der Waals surface area contributed by atoms with E-state index in [1.807, 2.05) is 13.8 Å². The van der Waals surface area contributed by atoms with Gasteiger partial charge < -0.3 is 14.8 Å². The number of carbonyl (C=O) groups excluding carboxylic acids is 1. The summed E-state index contributed by atoms with van der Waals surface area (Å²) in [5.74, 6) is -0.0770. The van der Waals surface area contributed by atoms with Gasteiger partial charge in [-0.1, -0.05) is 6.42 Å². The molecular formula is C12H25NO3. The molecule has 0 aliphatic carbocycles. The second kappa shape index (κ2) is 12.5. The fourth-order valence-corrected chi connectivity index (χ4v) is 1.34. The fourth-order valence-electron chi connectivity index (χ4n) is 1.34. The van der Waals surface area contributed by atoms with Crippen molar-refractivity contribution >= 4 is 5.97 Å². The molecule has 4 heteroatoms. The molecule has 0 atom stereocenters. The van der Waals surface area contributed by atoms with Crippen molar-refractivity contribution in [2.24, 2.45) is 0 Å². The third-order valence-corrected chi connectivity index (χ3v) is 2.17. The Hall–Kier alpha value is -0.610. The Morgan fingerprint density at radius 2 is 1.88 bits per heavy atom. The molecule has 0 saturated heterocycles. The van der Waals surface area contributed by atoms with Gasteiger partial charge in [0.1, 0.15) is 0 Å². The molecule has 1 N–H and O–H groups in total. The van der Waals surface area contributed by atoms with Crippen LogP contribution in [-0.2, 0) is 14.3 Å². The maximum atomic E-state index is 11.0. The first-order chi connectivity index (χ1) is 7.81. The molecule has 0 aliphatic heterocycles. The molecule has 0 aromatic rings. The van der Waals surface area contributed by atoms with Crippen molar-refractivity contribution in [2.75, 3.05) is 32.9 Å². The highest BCUT2D eigenvalue weighted by Crippen LogP contribution is 2.00. The molecule has 0 radical (unpaired) electrons. The fraction of sp³-hybridized carbons (Fsp3) is 0.917. The summed E-state index contributed by atoms with van der Waals surface area (Å²) in [5.41, 5.74) is 0. The van der Waals surface area contributed by atoms with Crippen LogP contribution in [0.4, 0.5) is 0 Å². The number of nitrogens with one attached hydrogen (secondary N) is 1. The Balaban J connectivity index is 3.01. The molecule has 0 fully saturated rings. The zero-order valence-corrected chi connectivity index (χ0v) is 10.6. The monoisotopic (exact) mass is 231 g/mol. The van der Waals surface area contributed by atoms with Gasteiger partial charge in [-0.15, -0.1) is 0 Å². The van der Waals surface area contributed by atoms with Gasteiger partial charge >= 0.3 is 5.97 Å². The van der Waals surface area contributed by atoms with Gasteiger partial charge in [0.2, 0.25) is 0 Å². The molecule has 0 amide bonds. The lowest BCUT2D eigenvalue weighted by Gasteiger charge is -2.04. The second-order valence-corrected chi connectivity index (χ2v) is 3.56. The van der Waals surface area contributed by atoms with Crippen molar-refractivity contribution in [3.63, 3.8) is 0 Å². The van der Waals surface area contributed by atoms with Gasteiger partial charge in [0.05, 0.1) is 13.2 Å². The molecule has 0 spiro atoms. The Kier molecular flexibility index (Phi) is 12.0. The van der Waals surface area contributed by atoms with E-state index in [0.29, 0.717) is 13.0 Å². The van der Waals surface area contributed by atoms with Crippen LogP contribution in [0.5, 0.6) is 0 Å². The van der Waals surface area contributed by atoms with E-state index < -0.39 is 0 Å². The Morgan fingerprint density at radius 1 is 1.06 bits per heavy atom. The number of unbranched alkanes of at least 4 members (excludes halogenated alkanes) is 2. The zero-order valence-electron chi connectivity index (χ0n) is 10.6. The first-order valence-corrected chi connectivity index (χ1v) is 6.25. The average Bonchev–Trinajstić information content (AvgIpc) is 2.27. The Bertz CT molecular complexity index is 162. The van der Waals surface area contributed by atoms with Crippen LogP contribution >= 0.6 is 0 Å². The lowest BCUT2D eigenvalue weighted by Crippen LogP contribution is -2.20. The zero-order chi connectivity index (χ0) is 12.1. The van der Waals surface area contributed by atoms with Gasteiger partial charge in [-0.05, 0) is 33.2 Å². The van der Waals surface area contributed by atoms with Crippen LogP contribution in [0.3, 0.4) is 0 Å². The molecule has 0 saturated carbocycles. The van der Waals surface area contributed by atoms with Gasteiger partial charge in [-0.3, -0.25) is 4.79 Å². The molecule has 0 aliphatic rings. The normalized spacial score (nSPS) is 10.4. The Morgan fingerprint density at radius 3 is 2.56 bits per heavy atom. The van der Waals surface area contributed by atoms with E-state index in [9.17, 15) is 4.79 Å². The van der Waals surface area contributed by atoms with Crippen molar-refractivity contribution in [3.8, 4) is 0 Å². The molecule has 4 nitrogen and oxygen atoms in total. The van der Waals surface area contributed by atoms with Crippen LogP contribution in [-0.4, -0.2) is 38.9 Å². The van der Waals surface area contributed by atoms with Gasteiger partial charge in [-0.25, -0.2) is 0 Å². The summed E-state index contributed by atoms with van der Waals surface area (Å²) >= 11 is 0. The van der Waals surface area contributed by atoms with Gasteiger partial charge in [0.15, 0.2) is 0 Å². The quantitative estimate of drug-likeness (QED) is 0.434. The topological polar surface area (TPSA) is 47.6 Å². The smallest absolute Gasteiger partial charge is 0.305 e. The SMILES string of the molecule is CCOCCNCCCCCC(=O)OCC. The van der Waals surface area contributed by atoms with E-state index >= 15 is 0 Å². The van der Waals surface area contributed by atoms with Crippen molar-refractivity contribution in [2.45, 2.75) is 39.5 Å². The lowest BCUT2D eigenvalue weighted by molar-refractivity contribution is -0.143. The lowest BCUT2D eigenvalue weighted by atomic mass is 10.2. The highest BCUT2D eigenvalue weighted by Gasteiger charge is 2.00. The second-order valence-electron chi connectivity index (χ2n) is 3.56. The molecule has 0 heterocycles. The average molecular weight is 231 g/mol. The minimum atomic E-state index is -0.0770. The number of ether oxygens (including phenoxy) is 2. The van der Waals surface area contributed by atoms with Crippen LogP contribution in [0.25, 0.3) is 0 Å². The van der Waals surface area contributed by atoms with E-state index in [1.165, 1.54) is 0 Å². The predicted octanol–water partition coefficient (Wildman–Crippen LogP) is 1.74. The third kappa shape index (κ3) is 11.5. The summed E-state index contributed by atoms with van der Waals surface area (Å²) in [5, 5.41) is 3.29. The number of carbonyl (C=O) groups is 1. The minimum absolute atomic E-state index is 0.0770. The number of hydrogen-bond donors (Lipinski definition) is 1. The largest absolute Gasteiger partial charge is 0.466 e. The van der Waals surface area contributed by atoms with E-state index in [-0.39, 0.29) is 5.97 Å². The third-order valence-electron chi connectivity index (χ3n) is 2.17. The number of esters is 1. The molecule has 16 heavy (non-hydrogen) atoms. The van der Waals surface area contributed by atoms with Crippen LogP contribution in [0.15, 0.2) is 0 Å². The van der Waals surface area contributed by atoms with E-state index in [4.69, 9.17) is 9.47 Å². The summed E-state index contributed by atoms with van der Waals surface area (Å²) in [7, 11) is 0. The highest BCUT2D eigenvalue weighted by molar-refractivity contribution is 5.69. The summed E-state index contributed by atoms with van der Waals surface area (Å²) < 4.78 is 10.0. The van der Waals surface area contributed by atoms with Crippen LogP contribution in [0.2, 0.25) is 0 Å².